The number of hydrogen-bond acceptors (Lipinski definition) is 7. The number of ether oxygens (including phenoxy) is 2. The van der Waals surface area contributed by atoms with E-state index in [9.17, 15) is 10.5 Å². The van der Waals surface area contributed by atoms with E-state index in [-0.39, 0.29) is 11.9 Å². The van der Waals surface area contributed by atoms with Crippen LogP contribution in [0.1, 0.15) is 18.4 Å². The fraction of sp³-hybridized carbons (Fsp3) is 0.500. The number of hydrogen-bond donors (Lipinski definition) is 1. The molecule has 2 fully saturated rings. The number of fused-ring (bicyclic) bond motifs is 2. The summed E-state index contributed by atoms with van der Waals surface area (Å²) in [6.45, 7) is 2.16. The first-order valence-corrected chi connectivity index (χ1v) is 8.16. The van der Waals surface area contributed by atoms with Gasteiger partial charge in [0.15, 0.2) is 5.41 Å². The van der Waals surface area contributed by atoms with Gasteiger partial charge < -0.3 is 20.1 Å². The summed E-state index contributed by atoms with van der Waals surface area (Å²) in [6.07, 6.45) is -0.214. The molecule has 2 aliphatic heterocycles. The highest BCUT2D eigenvalue weighted by Crippen LogP contribution is 2.82. The van der Waals surface area contributed by atoms with Gasteiger partial charge >= 0.3 is 0 Å². The van der Waals surface area contributed by atoms with Crippen molar-refractivity contribution in [2.75, 3.05) is 25.6 Å². The molecule has 0 aromatic heterocycles. The molecule has 1 aromatic carbocycles. The lowest BCUT2D eigenvalue weighted by atomic mass is 9.94. The quantitative estimate of drug-likeness (QED) is 0.872. The number of benzene rings is 1. The minimum absolute atomic E-state index is 0.118. The van der Waals surface area contributed by atoms with Crippen LogP contribution in [0.5, 0.6) is 0 Å². The van der Waals surface area contributed by atoms with Gasteiger partial charge in [-0.05, 0) is 24.6 Å². The van der Waals surface area contributed by atoms with Crippen molar-refractivity contribution in [2.24, 2.45) is 21.6 Å². The molecule has 25 heavy (non-hydrogen) atoms. The van der Waals surface area contributed by atoms with Gasteiger partial charge in [-0.2, -0.15) is 10.5 Å². The van der Waals surface area contributed by atoms with Gasteiger partial charge in [-0.15, -0.1) is 0 Å². The van der Waals surface area contributed by atoms with Crippen LogP contribution in [0.4, 0.5) is 5.69 Å². The monoisotopic (exact) mass is 337 g/mol. The number of nitriles is 2. The minimum Gasteiger partial charge on any atom is -0.386 e. The third kappa shape index (κ3) is 1.58. The third-order valence-corrected chi connectivity index (χ3v) is 5.54. The molecule has 7 nitrogen and oxygen atoms in total. The average molecular weight is 337 g/mol. The lowest BCUT2D eigenvalue weighted by Crippen LogP contribution is -2.39. The van der Waals surface area contributed by atoms with Gasteiger partial charge in [-0.1, -0.05) is 12.1 Å². The predicted molar refractivity (Wildman–Crippen MR) is 90.5 cm³/mol. The van der Waals surface area contributed by atoms with Gasteiger partial charge in [0, 0.05) is 25.7 Å². The van der Waals surface area contributed by atoms with Crippen molar-refractivity contribution in [3.05, 3.63) is 29.8 Å². The summed E-state index contributed by atoms with van der Waals surface area (Å²) in [5, 5.41) is 20.0. The maximum atomic E-state index is 10.1. The highest BCUT2D eigenvalue weighted by molar-refractivity contribution is 6.00. The van der Waals surface area contributed by atoms with Gasteiger partial charge in [0.1, 0.15) is 11.3 Å². The summed E-state index contributed by atoms with van der Waals surface area (Å²) in [5.74, 6) is -1.81. The van der Waals surface area contributed by atoms with Crippen molar-refractivity contribution in [3.8, 4) is 12.1 Å². The van der Waals surface area contributed by atoms with Gasteiger partial charge in [-0.3, -0.25) is 0 Å². The molecule has 0 radical (unpaired) electrons. The van der Waals surface area contributed by atoms with Crippen LogP contribution in [0.15, 0.2) is 29.3 Å². The molecule has 1 saturated heterocycles. The molecule has 1 spiro atoms. The summed E-state index contributed by atoms with van der Waals surface area (Å²) < 4.78 is 11.7. The second kappa shape index (κ2) is 4.72. The SMILES string of the molecule is CC1COC2(N=C(N)C3(C#N)C(c4ccc(N(C)C)cc4)C23C#N)O1. The molecule has 1 aromatic rings. The van der Waals surface area contributed by atoms with E-state index in [0.29, 0.717) is 6.61 Å². The molecule has 7 heteroatoms. The fourth-order valence-corrected chi connectivity index (χ4v) is 4.33. The van der Waals surface area contributed by atoms with Crippen LogP contribution < -0.4 is 10.6 Å². The van der Waals surface area contributed by atoms with Crippen LogP contribution >= 0.6 is 0 Å². The predicted octanol–water partition coefficient (Wildman–Crippen LogP) is 1.33. The van der Waals surface area contributed by atoms with Crippen molar-refractivity contribution in [3.63, 3.8) is 0 Å². The first-order valence-electron chi connectivity index (χ1n) is 8.16. The number of nitrogens with zero attached hydrogens (tertiary/aromatic N) is 4. The second-order valence-electron chi connectivity index (χ2n) is 7.08. The summed E-state index contributed by atoms with van der Waals surface area (Å²) in [7, 11) is 3.91. The van der Waals surface area contributed by atoms with Gasteiger partial charge in [-0.25, -0.2) is 4.99 Å². The second-order valence-corrected chi connectivity index (χ2v) is 7.08. The van der Waals surface area contributed by atoms with Gasteiger partial charge in [0.05, 0.1) is 24.8 Å². The average Bonchev–Trinajstić information content (AvgIpc) is 2.99. The molecule has 0 bridgehead atoms. The zero-order chi connectivity index (χ0) is 18.0. The molecule has 5 unspecified atom stereocenters. The zero-order valence-electron chi connectivity index (χ0n) is 14.4. The number of aliphatic imine (C=N–C) groups is 1. The number of nitrogens with two attached hydrogens (primary N) is 1. The molecule has 1 saturated carbocycles. The fourth-order valence-electron chi connectivity index (χ4n) is 4.33. The standard InChI is InChI=1S/C18H19N5O2/c1-11-8-24-18(25-11)17(10-20)14(16(17,9-19)15(21)22-18)12-4-6-13(7-5-12)23(2)3/h4-7,11,14H,8H2,1-3H3,(H2,21,22). The Labute approximate surface area is 146 Å². The molecular formula is C18H19N5O2. The first-order chi connectivity index (χ1) is 11.9. The third-order valence-electron chi connectivity index (χ3n) is 5.54. The van der Waals surface area contributed by atoms with Gasteiger partial charge in [0.25, 0.3) is 5.91 Å². The Morgan fingerprint density at radius 2 is 1.92 bits per heavy atom. The minimum atomic E-state index is -1.49. The normalized spacial score (nSPS) is 40.9. The molecule has 2 N–H and O–H groups in total. The van der Waals surface area contributed by atoms with Gasteiger partial charge in [0.2, 0.25) is 0 Å². The van der Waals surface area contributed by atoms with Crippen LogP contribution in [0, 0.1) is 33.5 Å². The van der Waals surface area contributed by atoms with Crippen molar-refractivity contribution < 1.29 is 9.47 Å². The van der Waals surface area contributed by atoms with E-state index in [1.165, 1.54) is 0 Å². The van der Waals surface area contributed by atoms with Crippen molar-refractivity contribution >= 4 is 11.5 Å². The lowest BCUT2D eigenvalue weighted by Gasteiger charge is -2.26. The van der Waals surface area contributed by atoms with Crippen LogP contribution in [-0.2, 0) is 9.47 Å². The maximum Gasteiger partial charge on any atom is 0.293 e. The topological polar surface area (TPSA) is 108 Å². The van der Waals surface area contributed by atoms with E-state index in [1.54, 1.807) is 0 Å². The Kier molecular flexibility index (Phi) is 3.00. The van der Waals surface area contributed by atoms with Crippen LogP contribution in [0.25, 0.3) is 0 Å². The largest absolute Gasteiger partial charge is 0.386 e. The van der Waals surface area contributed by atoms with E-state index in [4.69, 9.17) is 15.2 Å². The summed E-state index contributed by atoms with van der Waals surface area (Å²) in [4.78, 5) is 6.29. The number of amidine groups is 1. The maximum absolute atomic E-state index is 10.1. The molecule has 2 heterocycles. The Bertz CT molecular complexity index is 852. The Hall–Kier alpha value is -2.61. The molecule has 128 valence electrons. The van der Waals surface area contributed by atoms with Crippen molar-refractivity contribution in [1.29, 1.82) is 10.5 Å². The number of rotatable bonds is 2. The smallest absolute Gasteiger partial charge is 0.293 e. The van der Waals surface area contributed by atoms with Crippen LogP contribution in [0.2, 0.25) is 0 Å². The van der Waals surface area contributed by atoms with E-state index < -0.39 is 22.7 Å². The zero-order valence-corrected chi connectivity index (χ0v) is 14.4. The lowest BCUT2D eigenvalue weighted by molar-refractivity contribution is -0.193. The summed E-state index contributed by atoms with van der Waals surface area (Å²) >= 11 is 0. The highest BCUT2D eigenvalue weighted by Gasteiger charge is 2.94. The van der Waals surface area contributed by atoms with Crippen LogP contribution in [-0.4, -0.2) is 38.6 Å². The Morgan fingerprint density at radius 1 is 1.24 bits per heavy atom. The highest BCUT2D eigenvalue weighted by atomic mass is 16.8. The first kappa shape index (κ1) is 15.9. The summed E-state index contributed by atoms with van der Waals surface area (Å²) in [5.41, 5.74) is 5.55. The molecule has 0 amide bonds. The Balaban J connectivity index is 1.84. The molecular weight excluding hydrogens is 318 g/mol. The van der Waals surface area contributed by atoms with E-state index >= 15 is 0 Å². The van der Waals surface area contributed by atoms with Crippen molar-refractivity contribution in [2.45, 2.75) is 24.9 Å². The number of anilines is 1. The van der Waals surface area contributed by atoms with Crippen LogP contribution in [0.3, 0.4) is 0 Å². The molecule has 5 atom stereocenters. The van der Waals surface area contributed by atoms with E-state index in [0.717, 1.165) is 11.3 Å². The van der Waals surface area contributed by atoms with E-state index in [1.807, 2.05) is 50.2 Å². The molecule has 3 aliphatic rings. The van der Waals surface area contributed by atoms with E-state index in [2.05, 4.69) is 17.1 Å². The summed E-state index contributed by atoms with van der Waals surface area (Å²) in [6, 6.07) is 12.3. The van der Waals surface area contributed by atoms with Crippen molar-refractivity contribution in [1.82, 2.24) is 0 Å². The Morgan fingerprint density at radius 3 is 2.40 bits per heavy atom. The molecule has 4 rings (SSSR count). The molecule has 1 aliphatic carbocycles.